The van der Waals surface area contributed by atoms with Gasteiger partial charge in [0.25, 0.3) is 0 Å². The van der Waals surface area contributed by atoms with Crippen molar-refractivity contribution in [2.75, 3.05) is 0 Å². The first kappa shape index (κ1) is 7.74. The molecule has 0 aliphatic heterocycles. The van der Waals surface area contributed by atoms with Crippen molar-refractivity contribution in [3.05, 3.63) is 0 Å². The summed E-state index contributed by atoms with van der Waals surface area (Å²) in [6.07, 6.45) is 0. The van der Waals surface area contributed by atoms with Crippen molar-refractivity contribution >= 4 is 28.5 Å². The van der Waals surface area contributed by atoms with Gasteiger partial charge in [0.1, 0.15) is 0 Å². The Bertz CT molecular complexity index is 276. The molecular weight excluding hydrogens is 219 g/mol. The third kappa shape index (κ3) is 1.69. The zero-order valence-corrected chi connectivity index (χ0v) is 6.25. The van der Waals surface area contributed by atoms with Crippen LogP contribution in [0.25, 0.3) is 0 Å². The summed E-state index contributed by atoms with van der Waals surface area (Å²) >= 11 is 2.55. The molecule has 3 nitrogen and oxygen atoms in total. The molecule has 0 heterocycles. The van der Waals surface area contributed by atoms with Crippen LogP contribution >= 0.6 is 14.1 Å². The molecule has 0 bridgehead atoms. The minimum absolute atomic E-state index is 1.24. The van der Waals surface area contributed by atoms with Gasteiger partial charge in [0.05, 0.1) is 0 Å². The third-order valence-electron chi connectivity index (χ3n) is 0.319. The summed E-state index contributed by atoms with van der Waals surface area (Å²) < 4.78 is 0. The minimum atomic E-state index is -3.29. The van der Waals surface area contributed by atoms with Gasteiger partial charge in [-0.25, -0.2) is 0 Å². The van der Waals surface area contributed by atoms with Crippen molar-refractivity contribution in [3.8, 4) is 0 Å². The number of hydrogen-bond acceptors (Lipinski definition) is 3. The molecule has 0 aliphatic rings. The second-order valence-corrected chi connectivity index (χ2v) is 6.71. The maximum absolute atomic E-state index is 9.65. The number of halogens is 1. The molecule has 44 valence electrons. The first-order valence-electron chi connectivity index (χ1n) is 1.32. The predicted molar refractivity (Wildman–Crippen MR) is 26.0 cm³/mol. The van der Waals surface area contributed by atoms with Gasteiger partial charge in [-0.3, -0.25) is 0 Å². The molecule has 8 heavy (non-hydrogen) atoms. The Morgan fingerprint density at radius 2 is 1.25 bits per heavy atom. The molecule has 0 radical (unpaired) electrons. The van der Waals surface area contributed by atoms with E-state index in [0.29, 0.717) is 0 Å². The van der Waals surface area contributed by atoms with Crippen molar-refractivity contribution in [3.63, 3.8) is 0 Å². The van der Waals surface area contributed by atoms with Gasteiger partial charge < -0.3 is 0 Å². The summed E-state index contributed by atoms with van der Waals surface area (Å²) in [5, 5.41) is 0. The molecule has 0 spiro atoms. The normalized spacial score (nSPS) is 8.62. The Morgan fingerprint density at radius 3 is 1.25 bits per heavy atom. The van der Waals surface area contributed by atoms with Gasteiger partial charge in [-0.1, -0.05) is 0 Å². The predicted octanol–water partition coefficient (Wildman–Crippen LogP) is -0.348. The summed E-state index contributed by atoms with van der Waals surface area (Å²) in [7, 11) is -3.29. The molecule has 0 atom stereocenters. The van der Waals surface area contributed by atoms with E-state index in [1.807, 2.05) is 0 Å². The van der Waals surface area contributed by atoms with Crippen LogP contribution < -0.4 is 0 Å². The molecule has 0 amide bonds. The average molecular weight is 219 g/mol. The summed E-state index contributed by atoms with van der Waals surface area (Å²) in [6, 6.07) is 0. The number of hydrogen-bond donors (Lipinski definition) is 0. The number of carbonyl (C=O) groups excluding carboxylic acids is 3. The Morgan fingerprint density at radius 1 is 1.00 bits per heavy atom. The van der Waals surface area contributed by atoms with Gasteiger partial charge in [0, 0.05) is 0 Å². The van der Waals surface area contributed by atoms with E-state index in [-0.39, 0.29) is 0 Å². The zero-order valence-electron chi connectivity index (χ0n) is 3.48. The second kappa shape index (κ2) is 2.91. The number of rotatable bonds is 0. The van der Waals surface area contributed by atoms with E-state index in [1.54, 1.807) is 0 Å². The summed E-state index contributed by atoms with van der Waals surface area (Å²) in [5.41, 5.74) is 0. The third-order valence-corrected chi connectivity index (χ3v) is 2.83. The van der Waals surface area contributed by atoms with Crippen LogP contribution in [0.5, 0.6) is 0 Å². The van der Waals surface area contributed by atoms with Crippen molar-refractivity contribution in [2.24, 2.45) is 0 Å². The standard InChI is InChI=1S/3CO.BrH.Mn/c3*1-2;;/h;;;1H;/q;;;;+1/p-1. The molecule has 0 aromatic carbocycles. The first-order valence-corrected chi connectivity index (χ1v) is 6.01. The van der Waals surface area contributed by atoms with Gasteiger partial charge in [0.15, 0.2) is 0 Å². The van der Waals surface area contributed by atoms with Gasteiger partial charge in [-0.2, -0.15) is 0 Å². The summed E-state index contributed by atoms with van der Waals surface area (Å²) in [4.78, 5) is 32.7. The Labute approximate surface area is 52.8 Å². The average Bonchev–Trinajstić information content (AvgIpc) is 1.87. The molecule has 0 saturated heterocycles. The fraction of sp³-hybridized carbons (Fsp3) is 0. The van der Waals surface area contributed by atoms with Crippen LogP contribution in [0.3, 0.4) is 0 Å². The first-order chi connectivity index (χ1) is 3.68. The maximum atomic E-state index is 9.65. The Balaban J connectivity index is 6.52. The molecule has 0 fully saturated rings. The SMILES string of the molecule is O=[C]=[Mn]([Br])(=[C]=O)=[C]=O. The van der Waals surface area contributed by atoms with Crippen LogP contribution in [0.4, 0.5) is 0 Å². The van der Waals surface area contributed by atoms with E-state index in [0.717, 1.165) is 0 Å². The van der Waals surface area contributed by atoms with E-state index in [9.17, 15) is 14.4 Å². The van der Waals surface area contributed by atoms with Crippen molar-refractivity contribution in [1.29, 1.82) is 0 Å². The fourth-order valence-electron chi connectivity index (χ4n) is 0.0472. The molecular formula is C3BrMnO3. The van der Waals surface area contributed by atoms with Crippen molar-refractivity contribution < 1.29 is 24.1 Å². The molecule has 0 N–H and O–H groups in total. The summed E-state index contributed by atoms with van der Waals surface area (Å²) in [6.45, 7) is 0. The molecule has 0 aromatic heterocycles. The van der Waals surface area contributed by atoms with Gasteiger partial charge in [0.2, 0.25) is 0 Å². The van der Waals surface area contributed by atoms with Crippen LogP contribution in [-0.4, -0.2) is 14.4 Å². The fourth-order valence-corrected chi connectivity index (χ4v) is 0.195. The van der Waals surface area contributed by atoms with Gasteiger partial charge in [-0.05, 0) is 0 Å². The quantitative estimate of drug-likeness (QED) is 0.523. The molecule has 0 aliphatic carbocycles. The van der Waals surface area contributed by atoms with E-state index in [2.05, 4.69) is 14.1 Å². The van der Waals surface area contributed by atoms with Crippen LogP contribution in [-0.2, 0) is 24.1 Å². The van der Waals surface area contributed by atoms with E-state index >= 15 is 0 Å². The van der Waals surface area contributed by atoms with Crippen LogP contribution in [0.1, 0.15) is 0 Å². The van der Waals surface area contributed by atoms with E-state index in [4.69, 9.17) is 0 Å². The molecule has 0 rings (SSSR count). The van der Waals surface area contributed by atoms with Crippen molar-refractivity contribution in [1.82, 2.24) is 0 Å². The Hall–Kier alpha value is -0.261. The molecule has 0 saturated carbocycles. The molecule has 0 aromatic rings. The van der Waals surface area contributed by atoms with Gasteiger partial charge >= 0.3 is 52.6 Å². The van der Waals surface area contributed by atoms with Gasteiger partial charge in [-0.15, -0.1) is 0 Å². The van der Waals surface area contributed by atoms with Crippen LogP contribution in [0.15, 0.2) is 0 Å². The topological polar surface area (TPSA) is 51.2 Å². The Kier molecular flexibility index (Phi) is 2.81. The molecule has 5 heteroatoms. The summed E-state index contributed by atoms with van der Waals surface area (Å²) in [5.74, 6) is 0. The van der Waals surface area contributed by atoms with Crippen LogP contribution in [0, 0.1) is 0 Å². The molecule has 0 unspecified atom stereocenters. The monoisotopic (exact) mass is 218 g/mol. The van der Waals surface area contributed by atoms with E-state index in [1.165, 1.54) is 14.4 Å². The van der Waals surface area contributed by atoms with Crippen LogP contribution in [0.2, 0.25) is 0 Å². The van der Waals surface area contributed by atoms with E-state index < -0.39 is 9.73 Å². The second-order valence-electron chi connectivity index (χ2n) is 0.729. The van der Waals surface area contributed by atoms with Crippen molar-refractivity contribution in [2.45, 2.75) is 0 Å². The zero-order chi connectivity index (χ0) is 6.62.